The summed E-state index contributed by atoms with van der Waals surface area (Å²) >= 11 is 0. The molecule has 0 radical (unpaired) electrons. The number of nitrogens with zero attached hydrogens (tertiary/aromatic N) is 1. The third-order valence-electron chi connectivity index (χ3n) is 4.62. The lowest BCUT2D eigenvalue weighted by atomic mass is 9.96. The van der Waals surface area contributed by atoms with E-state index in [0.29, 0.717) is 6.04 Å². The lowest BCUT2D eigenvalue weighted by Gasteiger charge is -2.37. The Morgan fingerprint density at radius 1 is 1.11 bits per heavy atom. The second-order valence-electron chi connectivity index (χ2n) is 6.54. The van der Waals surface area contributed by atoms with Crippen molar-refractivity contribution in [2.75, 3.05) is 19.6 Å². The molecule has 2 heteroatoms. The summed E-state index contributed by atoms with van der Waals surface area (Å²) in [7, 11) is 0. The van der Waals surface area contributed by atoms with E-state index < -0.39 is 0 Å². The van der Waals surface area contributed by atoms with Crippen LogP contribution in [0.1, 0.15) is 78.1 Å². The van der Waals surface area contributed by atoms with Crippen molar-refractivity contribution >= 4 is 0 Å². The molecule has 2 atom stereocenters. The molecule has 114 valence electrons. The normalized spacial score (nSPS) is 22.6. The predicted molar refractivity (Wildman–Crippen MR) is 85.4 cm³/mol. The molecule has 0 amide bonds. The highest BCUT2D eigenvalue weighted by Crippen LogP contribution is 2.20. The molecule has 2 nitrogen and oxygen atoms in total. The summed E-state index contributed by atoms with van der Waals surface area (Å²) in [5, 5.41) is 0. The lowest BCUT2D eigenvalue weighted by Crippen LogP contribution is -2.45. The highest BCUT2D eigenvalue weighted by molar-refractivity contribution is 4.78. The van der Waals surface area contributed by atoms with E-state index in [9.17, 15) is 0 Å². The van der Waals surface area contributed by atoms with Crippen LogP contribution in [0.5, 0.6) is 0 Å². The second kappa shape index (κ2) is 10.7. The van der Waals surface area contributed by atoms with Gasteiger partial charge >= 0.3 is 0 Å². The van der Waals surface area contributed by atoms with Crippen molar-refractivity contribution in [1.82, 2.24) is 4.90 Å². The molecule has 0 saturated carbocycles. The Morgan fingerprint density at radius 3 is 2.42 bits per heavy atom. The highest BCUT2D eigenvalue weighted by Gasteiger charge is 2.22. The van der Waals surface area contributed by atoms with Gasteiger partial charge in [-0.05, 0) is 31.7 Å². The monoisotopic (exact) mass is 268 g/mol. The average molecular weight is 268 g/mol. The molecule has 0 aromatic rings. The minimum Gasteiger partial charge on any atom is -0.329 e. The van der Waals surface area contributed by atoms with E-state index in [4.69, 9.17) is 5.73 Å². The van der Waals surface area contributed by atoms with Gasteiger partial charge in [0.25, 0.3) is 0 Å². The van der Waals surface area contributed by atoms with Gasteiger partial charge in [0.1, 0.15) is 0 Å². The first-order valence-corrected chi connectivity index (χ1v) is 8.72. The van der Waals surface area contributed by atoms with Crippen LogP contribution < -0.4 is 5.73 Å². The van der Waals surface area contributed by atoms with Crippen molar-refractivity contribution in [3.05, 3.63) is 0 Å². The van der Waals surface area contributed by atoms with E-state index in [1.165, 1.54) is 77.3 Å². The Balaban J connectivity index is 2.07. The van der Waals surface area contributed by atoms with Crippen molar-refractivity contribution in [3.63, 3.8) is 0 Å². The van der Waals surface area contributed by atoms with Crippen LogP contribution in [0.4, 0.5) is 0 Å². The summed E-state index contributed by atoms with van der Waals surface area (Å²) in [6.07, 6.45) is 13.9. The molecule has 2 unspecified atom stereocenters. The molecule has 0 aliphatic carbocycles. The predicted octanol–water partition coefficient (Wildman–Crippen LogP) is 4.19. The molecule has 1 fully saturated rings. The van der Waals surface area contributed by atoms with Gasteiger partial charge in [-0.3, -0.25) is 4.90 Å². The fourth-order valence-corrected chi connectivity index (χ4v) is 3.34. The fourth-order valence-electron chi connectivity index (χ4n) is 3.34. The highest BCUT2D eigenvalue weighted by atomic mass is 15.2. The summed E-state index contributed by atoms with van der Waals surface area (Å²) in [6, 6.07) is 0.651. The van der Waals surface area contributed by atoms with Gasteiger partial charge in [0.2, 0.25) is 0 Å². The van der Waals surface area contributed by atoms with Crippen molar-refractivity contribution < 1.29 is 0 Å². The van der Waals surface area contributed by atoms with Crippen molar-refractivity contribution in [1.29, 1.82) is 0 Å². The van der Waals surface area contributed by atoms with E-state index >= 15 is 0 Å². The molecule has 19 heavy (non-hydrogen) atoms. The summed E-state index contributed by atoms with van der Waals surface area (Å²) in [6.45, 7) is 8.07. The smallest absolute Gasteiger partial charge is 0.0218 e. The summed E-state index contributed by atoms with van der Waals surface area (Å²) in [5.74, 6) is 0.872. The molecule has 1 heterocycles. The zero-order valence-electron chi connectivity index (χ0n) is 13.4. The number of hydrogen-bond acceptors (Lipinski definition) is 2. The molecule has 0 aromatic heterocycles. The van der Waals surface area contributed by atoms with Crippen LogP contribution in [0.3, 0.4) is 0 Å². The van der Waals surface area contributed by atoms with Crippen LogP contribution in [0, 0.1) is 5.92 Å². The van der Waals surface area contributed by atoms with Gasteiger partial charge in [-0.2, -0.15) is 0 Å². The van der Waals surface area contributed by atoms with E-state index in [0.717, 1.165) is 12.5 Å². The number of hydrogen-bond donors (Lipinski definition) is 1. The molecule has 1 saturated heterocycles. The quantitative estimate of drug-likeness (QED) is 0.602. The van der Waals surface area contributed by atoms with Gasteiger partial charge in [-0.1, -0.05) is 58.8 Å². The van der Waals surface area contributed by atoms with Gasteiger partial charge in [0, 0.05) is 19.1 Å². The second-order valence-corrected chi connectivity index (χ2v) is 6.54. The van der Waals surface area contributed by atoms with Gasteiger partial charge < -0.3 is 5.73 Å². The van der Waals surface area contributed by atoms with Crippen LogP contribution >= 0.6 is 0 Å². The van der Waals surface area contributed by atoms with Gasteiger partial charge in [0.05, 0.1) is 0 Å². The number of piperidine rings is 1. The molecule has 1 aliphatic heterocycles. The first-order valence-electron chi connectivity index (χ1n) is 8.72. The van der Waals surface area contributed by atoms with Crippen LogP contribution in [0.2, 0.25) is 0 Å². The van der Waals surface area contributed by atoms with Crippen LogP contribution in [0.25, 0.3) is 0 Å². The summed E-state index contributed by atoms with van der Waals surface area (Å²) in [5.41, 5.74) is 5.99. The zero-order valence-corrected chi connectivity index (χ0v) is 13.4. The van der Waals surface area contributed by atoms with Crippen molar-refractivity contribution in [3.8, 4) is 0 Å². The number of nitrogens with two attached hydrogens (primary N) is 1. The SMILES string of the molecule is CCCCCCCCCC(CN)N1CCCC(C)C1. The molecule has 1 aliphatic rings. The van der Waals surface area contributed by atoms with Crippen LogP contribution in [-0.2, 0) is 0 Å². The van der Waals surface area contributed by atoms with Gasteiger partial charge in [-0.15, -0.1) is 0 Å². The van der Waals surface area contributed by atoms with Crippen LogP contribution in [0.15, 0.2) is 0 Å². The molecular formula is C17H36N2. The standard InChI is InChI=1S/C17H36N2/c1-3-4-5-6-7-8-9-12-17(14-18)19-13-10-11-16(2)15-19/h16-17H,3-15,18H2,1-2H3. The Labute approximate surface area is 121 Å². The molecule has 0 spiro atoms. The van der Waals surface area contributed by atoms with Gasteiger partial charge in [-0.25, -0.2) is 0 Å². The van der Waals surface area contributed by atoms with Crippen molar-refractivity contribution in [2.24, 2.45) is 11.7 Å². The first-order chi connectivity index (χ1) is 9.27. The molecular weight excluding hydrogens is 232 g/mol. The van der Waals surface area contributed by atoms with Crippen LogP contribution in [-0.4, -0.2) is 30.6 Å². The fraction of sp³-hybridized carbons (Fsp3) is 1.00. The van der Waals surface area contributed by atoms with E-state index in [2.05, 4.69) is 18.7 Å². The summed E-state index contributed by atoms with van der Waals surface area (Å²) < 4.78 is 0. The van der Waals surface area contributed by atoms with E-state index in [-0.39, 0.29) is 0 Å². The average Bonchev–Trinajstić information content (AvgIpc) is 2.42. The largest absolute Gasteiger partial charge is 0.329 e. The topological polar surface area (TPSA) is 29.3 Å². The Bertz CT molecular complexity index is 205. The number of likely N-dealkylation sites (tertiary alicyclic amines) is 1. The lowest BCUT2D eigenvalue weighted by molar-refractivity contribution is 0.125. The Morgan fingerprint density at radius 2 is 1.79 bits per heavy atom. The zero-order chi connectivity index (χ0) is 13.9. The molecule has 2 N–H and O–H groups in total. The van der Waals surface area contributed by atoms with E-state index in [1.54, 1.807) is 0 Å². The maximum absolute atomic E-state index is 5.99. The molecule has 0 aromatic carbocycles. The van der Waals surface area contributed by atoms with E-state index in [1.807, 2.05) is 0 Å². The Hall–Kier alpha value is -0.0800. The minimum atomic E-state index is 0.651. The minimum absolute atomic E-state index is 0.651. The Kier molecular flexibility index (Phi) is 9.54. The molecule has 1 rings (SSSR count). The third kappa shape index (κ3) is 7.31. The number of unbranched alkanes of at least 4 members (excludes halogenated alkanes) is 6. The molecule has 0 bridgehead atoms. The van der Waals surface area contributed by atoms with Gasteiger partial charge in [0.15, 0.2) is 0 Å². The summed E-state index contributed by atoms with van der Waals surface area (Å²) in [4.78, 5) is 2.66. The number of rotatable bonds is 10. The first kappa shape index (κ1) is 17.0. The third-order valence-corrected chi connectivity index (χ3v) is 4.62. The maximum atomic E-state index is 5.99. The van der Waals surface area contributed by atoms with Crippen molar-refractivity contribution in [2.45, 2.75) is 84.1 Å². The maximum Gasteiger partial charge on any atom is 0.0218 e.